The SMILES string of the molecule is O=C(CCCN1C(=O)/C(=C/c2cccc(Cl)c2Cl)SC1=S)Nc1ccc(O)cc1. The molecule has 2 N–H and O–H groups in total. The quantitative estimate of drug-likeness (QED) is 0.342. The molecule has 0 atom stereocenters. The van der Waals surface area contributed by atoms with Crippen LogP contribution in [0.15, 0.2) is 47.4 Å². The van der Waals surface area contributed by atoms with Crippen molar-refractivity contribution in [2.24, 2.45) is 0 Å². The number of thioether (sulfide) groups is 1. The van der Waals surface area contributed by atoms with Crippen LogP contribution in [0.1, 0.15) is 18.4 Å². The minimum Gasteiger partial charge on any atom is -0.508 e. The van der Waals surface area contributed by atoms with Gasteiger partial charge in [-0.2, -0.15) is 0 Å². The summed E-state index contributed by atoms with van der Waals surface area (Å²) in [6, 6.07) is 11.4. The second kappa shape index (κ2) is 9.63. The zero-order chi connectivity index (χ0) is 21.0. The summed E-state index contributed by atoms with van der Waals surface area (Å²) in [6.45, 7) is 0.342. The van der Waals surface area contributed by atoms with Gasteiger partial charge >= 0.3 is 0 Å². The molecule has 150 valence electrons. The topological polar surface area (TPSA) is 69.6 Å². The lowest BCUT2D eigenvalue weighted by molar-refractivity contribution is -0.122. The van der Waals surface area contributed by atoms with E-state index in [1.807, 2.05) is 0 Å². The number of aromatic hydroxyl groups is 1. The Balaban J connectivity index is 1.56. The summed E-state index contributed by atoms with van der Waals surface area (Å²) in [4.78, 5) is 26.7. The molecule has 1 saturated heterocycles. The third kappa shape index (κ3) is 5.51. The summed E-state index contributed by atoms with van der Waals surface area (Å²) in [7, 11) is 0. The zero-order valence-corrected chi connectivity index (χ0v) is 18.2. The van der Waals surface area contributed by atoms with Crippen LogP contribution in [0, 0.1) is 0 Å². The van der Waals surface area contributed by atoms with Crippen molar-refractivity contribution in [1.82, 2.24) is 4.90 Å². The highest BCUT2D eigenvalue weighted by atomic mass is 35.5. The third-order valence-electron chi connectivity index (χ3n) is 4.08. The predicted octanol–water partition coefficient (Wildman–Crippen LogP) is 5.32. The number of carbonyl (C=O) groups is 2. The number of nitrogens with one attached hydrogen (secondary N) is 1. The molecular weight excluding hydrogens is 451 g/mol. The summed E-state index contributed by atoms with van der Waals surface area (Å²) < 4.78 is 0.443. The molecule has 0 aliphatic carbocycles. The fourth-order valence-electron chi connectivity index (χ4n) is 2.63. The summed E-state index contributed by atoms with van der Waals surface area (Å²) in [5, 5.41) is 12.8. The number of phenols is 1. The average molecular weight is 467 g/mol. The molecule has 29 heavy (non-hydrogen) atoms. The van der Waals surface area contributed by atoms with E-state index in [2.05, 4.69) is 5.32 Å². The van der Waals surface area contributed by atoms with Gasteiger partial charge in [-0.1, -0.05) is 59.3 Å². The van der Waals surface area contributed by atoms with Gasteiger partial charge in [0.05, 0.1) is 15.0 Å². The van der Waals surface area contributed by atoms with E-state index in [4.69, 9.17) is 35.4 Å². The van der Waals surface area contributed by atoms with Crippen molar-refractivity contribution in [3.05, 3.63) is 63.0 Å². The van der Waals surface area contributed by atoms with E-state index in [0.29, 0.717) is 43.5 Å². The average Bonchev–Trinajstić information content (AvgIpc) is 2.94. The Labute approximate surface area is 187 Å². The first kappa shape index (κ1) is 21.6. The van der Waals surface area contributed by atoms with Crippen molar-refractivity contribution in [3.8, 4) is 5.75 Å². The Bertz CT molecular complexity index is 994. The smallest absolute Gasteiger partial charge is 0.266 e. The molecular formula is C20H16Cl2N2O3S2. The van der Waals surface area contributed by atoms with Crippen molar-refractivity contribution in [1.29, 1.82) is 0 Å². The molecule has 0 aromatic heterocycles. The van der Waals surface area contributed by atoms with Crippen LogP contribution in [0.25, 0.3) is 6.08 Å². The number of anilines is 1. The fraction of sp³-hybridized carbons (Fsp3) is 0.150. The Morgan fingerprint density at radius 3 is 2.66 bits per heavy atom. The summed E-state index contributed by atoms with van der Waals surface area (Å²) in [6.07, 6.45) is 2.36. The van der Waals surface area contributed by atoms with Crippen molar-refractivity contribution in [3.63, 3.8) is 0 Å². The number of benzene rings is 2. The Kier molecular flexibility index (Phi) is 7.18. The van der Waals surface area contributed by atoms with E-state index in [-0.39, 0.29) is 24.0 Å². The Hall–Kier alpha value is -2.06. The first-order chi connectivity index (χ1) is 13.8. The van der Waals surface area contributed by atoms with Crippen molar-refractivity contribution in [2.45, 2.75) is 12.8 Å². The highest BCUT2D eigenvalue weighted by Gasteiger charge is 2.31. The number of amides is 2. The van der Waals surface area contributed by atoms with Gasteiger partial charge in [-0.25, -0.2) is 0 Å². The molecule has 2 aromatic rings. The Morgan fingerprint density at radius 1 is 1.21 bits per heavy atom. The molecule has 2 aromatic carbocycles. The van der Waals surface area contributed by atoms with Crippen molar-refractivity contribution < 1.29 is 14.7 Å². The van der Waals surface area contributed by atoms with Gasteiger partial charge in [-0.05, 0) is 48.4 Å². The predicted molar refractivity (Wildman–Crippen MR) is 122 cm³/mol. The van der Waals surface area contributed by atoms with Crippen LogP contribution >= 0.6 is 47.2 Å². The van der Waals surface area contributed by atoms with Gasteiger partial charge in [0.15, 0.2) is 0 Å². The number of nitrogens with zero attached hydrogens (tertiary/aromatic N) is 1. The first-order valence-electron chi connectivity index (χ1n) is 8.63. The van der Waals surface area contributed by atoms with Crippen LogP contribution in [-0.2, 0) is 9.59 Å². The number of phenolic OH excluding ortho intramolecular Hbond substituents is 1. The number of carbonyl (C=O) groups excluding carboxylic acids is 2. The minimum absolute atomic E-state index is 0.129. The van der Waals surface area contributed by atoms with E-state index in [1.54, 1.807) is 36.4 Å². The molecule has 1 fully saturated rings. The maximum Gasteiger partial charge on any atom is 0.266 e. The first-order valence-corrected chi connectivity index (χ1v) is 10.6. The lowest BCUT2D eigenvalue weighted by atomic mass is 10.2. The number of hydrogen-bond donors (Lipinski definition) is 2. The molecule has 0 bridgehead atoms. The van der Waals surface area contributed by atoms with E-state index in [0.717, 1.165) is 0 Å². The molecule has 3 rings (SSSR count). The molecule has 0 radical (unpaired) electrons. The molecule has 9 heteroatoms. The summed E-state index contributed by atoms with van der Waals surface area (Å²) in [5.74, 6) is -0.262. The number of hydrogen-bond acceptors (Lipinski definition) is 5. The molecule has 0 unspecified atom stereocenters. The van der Waals surface area contributed by atoms with E-state index >= 15 is 0 Å². The molecule has 1 heterocycles. The molecule has 1 aliphatic rings. The third-order valence-corrected chi connectivity index (χ3v) is 6.29. The largest absolute Gasteiger partial charge is 0.508 e. The van der Waals surface area contributed by atoms with E-state index in [1.165, 1.54) is 28.8 Å². The van der Waals surface area contributed by atoms with Crippen molar-refractivity contribution in [2.75, 3.05) is 11.9 Å². The highest BCUT2D eigenvalue weighted by molar-refractivity contribution is 8.26. The Morgan fingerprint density at radius 2 is 1.93 bits per heavy atom. The van der Waals surface area contributed by atoms with Gasteiger partial charge in [0.1, 0.15) is 10.1 Å². The van der Waals surface area contributed by atoms with Gasteiger partial charge in [0.25, 0.3) is 5.91 Å². The van der Waals surface area contributed by atoms with Gasteiger partial charge in [0, 0.05) is 18.7 Å². The van der Waals surface area contributed by atoms with Crippen LogP contribution in [0.3, 0.4) is 0 Å². The molecule has 0 spiro atoms. The summed E-state index contributed by atoms with van der Waals surface area (Å²) in [5.41, 5.74) is 1.24. The lowest BCUT2D eigenvalue weighted by Gasteiger charge is -2.14. The highest BCUT2D eigenvalue weighted by Crippen LogP contribution is 2.35. The van der Waals surface area contributed by atoms with Gasteiger partial charge in [0.2, 0.25) is 5.91 Å². The number of thiocarbonyl (C=S) groups is 1. The van der Waals surface area contributed by atoms with Crippen molar-refractivity contribution >= 4 is 75.1 Å². The fourth-order valence-corrected chi connectivity index (χ4v) is 4.29. The van der Waals surface area contributed by atoms with E-state index < -0.39 is 0 Å². The summed E-state index contributed by atoms with van der Waals surface area (Å²) >= 11 is 18.7. The van der Waals surface area contributed by atoms with Gasteiger partial charge in [-0.15, -0.1) is 0 Å². The monoisotopic (exact) mass is 466 g/mol. The number of rotatable bonds is 6. The van der Waals surface area contributed by atoms with Crippen LogP contribution in [0.2, 0.25) is 10.0 Å². The van der Waals surface area contributed by atoms with Crippen LogP contribution in [-0.4, -0.2) is 32.7 Å². The standard InChI is InChI=1S/C20H16Cl2N2O3S2/c21-15-4-1-3-12(18(15)22)11-16-19(27)24(20(28)29-16)10-2-5-17(26)23-13-6-8-14(25)9-7-13/h1,3-4,6-9,11,25H,2,5,10H2,(H,23,26)/b16-11-. The maximum atomic E-state index is 12.7. The van der Waals surface area contributed by atoms with Crippen LogP contribution in [0.5, 0.6) is 5.75 Å². The lowest BCUT2D eigenvalue weighted by Crippen LogP contribution is -2.29. The number of halogens is 2. The minimum atomic E-state index is -0.213. The zero-order valence-electron chi connectivity index (χ0n) is 15.0. The maximum absolute atomic E-state index is 12.7. The van der Waals surface area contributed by atoms with Gasteiger partial charge < -0.3 is 10.4 Å². The molecule has 5 nitrogen and oxygen atoms in total. The second-order valence-corrected chi connectivity index (χ2v) is 8.64. The second-order valence-electron chi connectivity index (χ2n) is 6.17. The molecule has 0 saturated carbocycles. The van der Waals surface area contributed by atoms with E-state index in [9.17, 15) is 14.7 Å². The van der Waals surface area contributed by atoms with Crippen LogP contribution in [0.4, 0.5) is 5.69 Å². The molecule has 1 aliphatic heterocycles. The van der Waals surface area contributed by atoms with Crippen LogP contribution < -0.4 is 5.32 Å². The normalized spacial score (nSPS) is 15.2. The molecule has 2 amide bonds. The van der Waals surface area contributed by atoms with Gasteiger partial charge in [-0.3, -0.25) is 14.5 Å².